The first-order chi connectivity index (χ1) is 15.5. The molecule has 1 saturated heterocycles. The minimum absolute atomic E-state index is 0.274. The lowest BCUT2D eigenvalue weighted by Crippen LogP contribution is -2.27. The van der Waals surface area contributed by atoms with Crippen molar-refractivity contribution in [3.8, 4) is 11.8 Å². The standard InChI is InChI=1S/C24H14ClIN2O3S/c25-18-7-3-4-8-20(18)28-23(29)22(32-24(28)30)12-15-9-10-21(19(26)11-15)31-14-17-6-2-1-5-16(17)13-27/h1-12H,14H2/b22-12-. The summed E-state index contributed by atoms with van der Waals surface area (Å²) in [6.07, 6.45) is 1.68. The normalized spacial score (nSPS) is 14.7. The number of halogens is 2. The summed E-state index contributed by atoms with van der Waals surface area (Å²) in [6.45, 7) is 0.274. The van der Waals surface area contributed by atoms with Crippen molar-refractivity contribution in [3.05, 3.63) is 96.9 Å². The molecule has 0 aliphatic carbocycles. The lowest BCUT2D eigenvalue weighted by Gasteiger charge is -2.13. The number of carbonyl (C=O) groups excluding carboxylic acids is 2. The van der Waals surface area contributed by atoms with Crippen molar-refractivity contribution < 1.29 is 14.3 Å². The molecule has 5 nitrogen and oxygen atoms in total. The molecule has 1 aliphatic rings. The SMILES string of the molecule is N#Cc1ccccc1COc1ccc(/C=C2\SC(=O)N(c3ccccc3Cl)C2=O)cc1I. The van der Waals surface area contributed by atoms with Crippen LogP contribution in [0.5, 0.6) is 5.75 Å². The van der Waals surface area contributed by atoms with E-state index in [1.54, 1.807) is 42.5 Å². The molecule has 0 aromatic heterocycles. The number of amides is 2. The van der Waals surface area contributed by atoms with Gasteiger partial charge in [0, 0.05) is 5.56 Å². The van der Waals surface area contributed by atoms with Crippen molar-refractivity contribution in [1.29, 1.82) is 5.26 Å². The van der Waals surface area contributed by atoms with Crippen molar-refractivity contribution >= 4 is 68.9 Å². The van der Waals surface area contributed by atoms with Crippen LogP contribution in [0, 0.1) is 14.9 Å². The maximum absolute atomic E-state index is 12.8. The summed E-state index contributed by atoms with van der Waals surface area (Å²) < 4.78 is 6.73. The van der Waals surface area contributed by atoms with Crippen LogP contribution in [0.1, 0.15) is 16.7 Å². The fourth-order valence-corrected chi connectivity index (χ4v) is 4.84. The van der Waals surface area contributed by atoms with Gasteiger partial charge in [-0.15, -0.1) is 0 Å². The van der Waals surface area contributed by atoms with Crippen molar-refractivity contribution in [2.45, 2.75) is 6.61 Å². The Labute approximate surface area is 207 Å². The van der Waals surface area contributed by atoms with E-state index in [1.165, 1.54) is 0 Å². The highest BCUT2D eigenvalue weighted by molar-refractivity contribution is 14.1. The molecular weight excluding hydrogens is 559 g/mol. The van der Waals surface area contributed by atoms with E-state index in [2.05, 4.69) is 28.7 Å². The van der Waals surface area contributed by atoms with Gasteiger partial charge in [0.25, 0.3) is 11.1 Å². The zero-order valence-electron chi connectivity index (χ0n) is 16.4. The summed E-state index contributed by atoms with van der Waals surface area (Å²) in [5.74, 6) is 0.260. The second-order valence-electron chi connectivity index (χ2n) is 6.72. The highest BCUT2D eigenvalue weighted by atomic mass is 127. The summed E-state index contributed by atoms with van der Waals surface area (Å²) in [6, 6.07) is 21.7. The summed E-state index contributed by atoms with van der Waals surface area (Å²) >= 11 is 9.20. The molecular formula is C24H14ClIN2O3S. The zero-order valence-corrected chi connectivity index (χ0v) is 20.1. The monoisotopic (exact) mass is 572 g/mol. The zero-order chi connectivity index (χ0) is 22.7. The lowest BCUT2D eigenvalue weighted by atomic mass is 10.1. The van der Waals surface area contributed by atoms with Gasteiger partial charge in [0.2, 0.25) is 0 Å². The molecule has 4 rings (SSSR count). The highest BCUT2D eigenvalue weighted by Crippen LogP contribution is 2.38. The fraction of sp³-hybridized carbons (Fsp3) is 0.0417. The number of nitriles is 1. The molecule has 8 heteroatoms. The highest BCUT2D eigenvalue weighted by Gasteiger charge is 2.37. The molecule has 32 heavy (non-hydrogen) atoms. The Balaban J connectivity index is 1.52. The minimum atomic E-state index is -0.406. The molecule has 2 amide bonds. The average molecular weight is 573 g/mol. The van der Waals surface area contributed by atoms with Gasteiger partial charge in [-0.3, -0.25) is 9.59 Å². The number of hydrogen-bond donors (Lipinski definition) is 0. The van der Waals surface area contributed by atoms with Gasteiger partial charge < -0.3 is 4.74 Å². The van der Waals surface area contributed by atoms with Crippen LogP contribution in [0.3, 0.4) is 0 Å². The van der Waals surface area contributed by atoms with Crippen LogP contribution in [-0.2, 0) is 11.4 Å². The number of hydrogen-bond acceptors (Lipinski definition) is 5. The van der Waals surface area contributed by atoms with Gasteiger partial charge in [0.05, 0.1) is 30.8 Å². The Bertz CT molecular complexity index is 1300. The van der Waals surface area contributed by atoms with E-state index in [-0.39, 0.29) is 11.8 Å². The van der Waals surface area contributed by atoms with Gasteiger partial charge in [0.15, 0.2) is 0 Å². The second kappa shape index (κ2) is 9.77. The molecule has 3 aromatic rings. The van der Waals surface area contributed by atoms with Gasteiger partial charge >= 0.3 is 0 Å². The van der Waals surface area contributed by atoms with E-state index < -0.39 is 5.91 Å². The van der Waals surface area contributed by atoms with E-state index in [9.17, 15) is 14.9 Å². The largest absolute Gasteiger partial charge is 0.488 e. The van der Waals surface area contributed by atoms with Crippen molar-refractivity contribution in [3.63, 3.8) is 0 Å². The van der Waals surface area contributed by atoms with Crippen LogP contribution in [0.25, 0.3) is 6.08 Å². The van der Waals surface area contributed by atoms with Gasteiger partial charge in [-0.2, -0.15) is 5.26 Å². The first kappa shape index (κ1) is 22.4. The Hall–Kier alpha value is -2.80. The number of carbonyl (C=O) groups is 2. The van der Waals surface area contributed by atoms with Crippen LogP contribution in [0.2, 0.25) is 5.02 Å². The van der Waals surface area contributed by atoms with Gasteiger partial charge in [-0.05, 0) is 76.3 Å². The number of para-hydroxylation sites is 1. The maximum Gasteiger partial charge on any atom is 0.298 e. The Morgan fingerprint density at radius 1 is 1.09 bits per heavy atom. The molecule has 1 fully saturated rings. The second-order valence-corrected chi connectivity index (χ2v) is 9.28. The molecule has 0 radical (unpaired) electrons. The number of nitrogens with zero attached hydrogens (tertiary/aromatic N) is 2. The minimum Gasteiger partial charge on any atom is -0.488 e. The predicted octanol–water partition coefficient (Wildman–Crippen LogP) is 6.64. The Morgan fingerprint density at radius 3 is 2.59 bits per heavy atom. The first-order valence-electron chi connectivity index (χ1n) is 9.41. The number of anilines is 1. The van der Waals surface area contributed by atoms with Crippen LogP contribution in [-0.4, -0.2) is 11.1 Å². The Morgan fingerprint density at radius 2 is 1.84 bits per heavy atom. The summed E-state index contributed by atoms with van der Waals surface area (Å²) in [7, 11) is 0. The molecule has 1 aliphatic heterocycles. The van der Waals surface area contributed by atoms with E-state index in [0.717, 1.165) is 31.4 Å². The average Bonchev–Trinajstić information content (AvgIpc) is 3.06. The summed E-state index contributed by atoms with van der Waals surface area (Å²) in [4.78, 5) is 26.7. The predicted molar refractivity (Wildman–Crippen MR) is 135 cm³/mol. The number of ether oxygens (including phenoxy) is 1. The van der Waals surface area contributed by atoms with Gasteiger partial charge in [-0.1, -0.05) is 48.0 Å². The molecule has 3 aromatic carbocycles. The van der Waals surface area contributed by atoms with Crippen LogP contribution in [0.4, 0.5) is 10.5 Å². The molecule has 0 unspecified atom stereocenters. The topological polar surface area (TPSA) is 70.4 Å². The molecule has 1 heterocycles. The van der Waals surface area contributed by atoms with E-state index in [1.807, 2.05) is 30.3 Å². The van der Waals surface area contributed by atoms with Crippen molar-refractivity contribution in [1.82, 2.24) is 0 Å². The first-order valence-corrected chi connectivity index (χ1v) is 11.7. The van der Waals surface area contributed by atoms with Crippen LogP contribution in [0.15, 0.2) is 71.6 Å². The van der Waals surface area contributed by atoms with E-state index in [4.69, 9.17) is 16.3 Å². The molecule has 158 valence electrons. The summed E-state index contributed by atoms with van der Waals surface area (Å²) in [5.41, 5.74) is 2.52. The van der Waals surface area contributed by atoms with Crippen molar-refractivity contribution in [2.75, 3.05) is 4.90 Å². The molecule has 0 atom stereocenters. The number of benzene rings is 3. The number of rotatable bonds is 5. The lowest BCUT2D eigenvalue weighted by molar-refractivity contribution is -0.113. The number of imide groups is 1. The van der Waals surface area contributed by atoms with E-state index >= 15 is 0 Å². The third-order valence-electron chi connectivity index (χ3n) is 4.66. The third kappa shape index (κ3) is 4.67. The molecule has 0 bridgehead atoms. The van der Waals surface area contributed by atoms with Gasteiger partial charge in [0.1, 0.15) is 12.4 Å². The maximum atomic E-state index is 12.8. The molecule has 0 N–H and O–H groups in total. The third-order valence-corrected chi connectivity index (χ3v) is 6.69. The van der Waals surface area contributed by atoms with Crippen LogP contribution < -0.4 is 9.64 Å². The molecule has 0 saturated carbocycles. The Kier molecular flexibility index (Phi) is 6.84. The smallest absolute Gasteiger partial charge is 0.298 e. The molecule has 0 spiro atoms. The number of thioether (sulfide) groups is 1. The van der Waals surface area contributed by atoms with E-state index in [0.29, 0.717) is 26.9 Å². The van der Waals surface area contributed by atoms with Gasteiger partial charge in [-0.25, -0.2) is 4.90 Å². The fourth-order valence-electron chi connectivity index (χ4n) is 3.09. The summed E-state index contributed by atoms with van der Waals surface area (Å²) in [5, 5.41) is 9.16. The van der Waals surface area contributed by atoms with Crippen LogP contribution >= 0.6 is 46.0 Å². The van der Waals surface area contributed by atoms with Crippen molar-refractivity contribution in [2.24, 2.45) is 0 Å². The quantitative estimate of drug-likeness (QED) is 0.253.